The van der Waals surface area contributed by atoms with E-state index in [1.807, 2.05) is 30.3 Å². The molecule has 0 spiro atoms. The molecule has 0 aliphatic carbocycles. The molecule has 0 bridgehead atoms. The molecule has 2 aliphatic heterocycles. The van der Waals surface area contributed by atoms with Crippen LogP contribution in [0.25, 0.3) is 0 Å². The highest BCUT2D eigenvalue weighted by Gasteiger charge is 2.27. The monoisotopic (exact) mass is 262 g/mol. The number of anilines is 1. The highest BCUT2D eigenvalue weighted by atomic mass is 16.1. The van der Waals surface area contributed by atoms with Gasteiger partial charge in [-0.25, -0.2) is 0 Å². The number of para-hydroxylation sites is 1. The number of hydrogen-bond donors (Lipinski definition) is 0. The van der Waals surface area contributed by atoms with Crippen molar-refractivity contribution < 1.29 is 4.79 Å². The highest BCUT2D eigenvalue weighted by Crippen LogP contribution is 2.30. The zero-order chi connectivity index (χ0) is 13.5. The van der Waals surface area contributed by atoms with Crippen LogP contribution in [0.15, 0.2) is 53.5 Å². The number of carbonyl (C=O) groups excluding carboxylic acids is 1. The fourth-order valence-corrected chi connectivity index (χ4v) is 3.03. The Hall–Kier alpha value is -2.42. The van der Waals surface area contributed by atoms with Crippen LogP contribution in [0.3, 0.4) is 0 Å². The van der Waals surface area contributed by atoms with Crippen LogP contribution < -0.4 is 4.90 Å². The van der Waals surface area contributed by atoms with E-state index in [1.165, 1.54) is 11.3 Å². The van der Waals surface area contributed by atoms with Gasteiger partial charge in [-0.2, -0.15) is 4.99 Å². The third-order valence-electron chi connectivity index (χ3n) is 4.03. The van der Waals surface area contributed by atoms with Crippen LogP contribution in [-0.4, -0.2) is 18.3 Å². The largest absolute Gasteiger partial charge is 0.329 e. The van der Waals surface area contributed by atoms with E-state index in [0.29, 0.717) is 0 Å². The van der Waals surface area contributed by atoms with E-state index >= 15 is 0 Å². The van der Waals surface area contributed by atoms with Crippen molar-refractivity contribution >= 4 is 17.4 Å². The van der Waals surface area contributed by atoms with Crippen molar-refractivity contribution in [2.75, 3.05) is 11.4 Å². The Labute approximate surface area is 117 Å². The summed E-state index contributed by atoms with van der Waals surface area (Å²) in [6.07, 6.45) is 1.75. The van der Waals surface area contributed by atoms with Gasteiger partial charge in [0.1, 0.15) is 5.84 Å². The normalized spacial score (nSPS) is 16.7. The third kappa shape index (κ3) is 1.67. The molecule has 1 amide bonds. The van der Waals surface area contributed by atoms with Crippen LogP contribution in [0.5, 0.6) is 0 Å². The summed E-state index contributed by atoms with van der Waals surface area (Å²) in [5, 5.41) is 0. The maximum atomic E-state index is 12.2. The second kappa shape index (κ2) is 4.30. The molecule has 0 aromatic heterocycles. The van der Waals surface area contributed by atoms with Crippen molar-refractivity contribution in [2.45, 2.75) is 12.8 Å². The molecule has 0 fully saturated rings. The van der Waals surface area contributed by atoms with E-state index in [2.05, 4.69) is 28.1 Å². The number of rotatable bonds is 0. The molecule has 4 rings (SSSR count). The van der Waals surface area contributed by atoms with Crippen LogP contribution in [0.1, 0.15) is 21.5 Å². The first-order valence-corrected chi connectivity index (χ1v) is 6.88. The first kappa shape index (κ1) is 11.4. The van der Waals surface area contributed by atoms with Crippen LogP contribution in [0.4, 0.5) is 5.69 Å². The average molecular weight is 262 g/mol. The predicted octanol–water partition coefficient (Wildman–Crippen LogP) is 2.84. The lowest BCUT2D eigenvalue weighted by Gasteiger charge is -2.24. The van der Waals surface area contributed by atoms with Crippen molar-refractivity contribution in [1.29, 1.82) is 0 Å². The second-order valence-electron chi connectivity index (χ2n) is 5.20. The summed E-state index contributed by atoms with van der Waals surface area (Å²) in [5.41, 5.74) is 4.34. The molecule has 2 aliphatic rings. The molecule has 3 heteroatoms. The van der Waals surface area contributed by atoms with Gasteiger partial charge in [-0.15, -0.1) is 0 Å². The first-order chi connectivity index (χ1) is 9.83. The van der Waals surface area contributed by atoms with Gasteiger partial charge in [-0.1, -0.05) is 36.4 Å². The van der Waals surface area contributed by atoms with E-state index in [-0.39, 0.29) is 5.91 Å². The quantitative estimate of drug-likeness (QED) is 0.731. The maximum absolute atomic E-state index is 12.2. The number of carbonyl (C=O) groups is 1. The number of nitrogens with zero attached hydrogens (tertiary/aromatic N) is 2. The molecular formula is C17H14N2O. The first-order valence-electron chi connectivity index (χ1n) is 6.88. The molecule has 20 heavy (non-hydrogen) atoms. The molecule has 2 heterocycles. The van der Waals surface area contributed by atoms with Gasteiger partial charge in [-0.3, -0.25) is 4.79 Å². The van der Waals surface area contributed by atoms with Crippen LogP contribution >= 0.6 is 0 Å². The summed E-state index contributed by atoms with van der Waals surface area (Å²) in [5.74, 6) is 0.755. The van der Waals surface area contributed by atoms with Gasteiger partial charge in [0.05, 0.1) is 0 Å². The molecule has 0 saturated heterocycles. The molecule has 98 valence electrons. The lowest BCUT2D eigenvalue weighted by atomic mass is 10.0. The summed E-state index contributed by atoms with van der Waals surface area (Å²) >= 11 is 0. The Bertz CT molecular complexity index is 733. The van der Waals surface area contributed by atoms with E-state index in [0.717, 1.165) is 36.3 Å². The van der Waals surface area contributed by atoms with E-state index in [9.17, 15) is 4.79 Å². The van der Waals surface area contributed by atoms with Gasteiger partial charge in [-0.05, 0) is 29.7 Å². The molecule has 0 unspecified atom stereocenters. The molecule has 0 atom stereocenters. The Morgan fingerprint density at radius 3 is 2.60 bits per heavy atom. The SMILES string of the molecule is O=C1N=C(N2CCc3ccccc32)Cc2ccccc21. The molecule has 0 saturated carbocycles. The molecular weight excluding hydrogens is 248 g/mol. The van der Waals surface area contributed by atoms with E-state index in [4.69, 9.17) is 0 Å². The molecule has 3 nitrogen and oxygen atoms in total. The smallest absolute Gasteiger partial charge is 0.278 e. The summed E-state index contributed by atoms with van der Waals surface area (Å²) in [6, 6.07) is 16.1. The fraction of sp³-hybridized carbons (Fsp3) is 0.176. The van der Waals surface area contributed by atoms with Crippen molar-refractivity contribution in [3.05, 3.63) is 65.2 Å². The maximum Gasteiger partial charge on any atom is 0.278 e. The van der Waals surface area contributed by atoms with E-state index in [1.54, 1.807) is 0 Å². The lowest BCUT2D eigenvalue weighted by molar-refractivity contribution is 0.1000. The minimum absolute atomic E-state index is 0.119. The lowest BCUT2D eigenvalue weighted by Crippen LogP contribution is -2.34. The number of amides is 1. The predicted molar refractivity (Wildman–Crippen MR) is 79.4 cm³/mol. The summed E-state index contributed by atoms with van der Waals surface area (Å²) in [4.78, 5) is 18.6. The van der Waals surface area contributed by atoms with Crippen LogP contribution in [0.2, 0.25) is 0 Å². The minimum Gasteiger partial charge on any atom is -0.329 e. The topological polar surface area (TPSA) is 32.7 Å². The van der Waals surface area contributed by atoms with Crippen molar-refractivity contribution in [1.82, 2.24) is 0 Å². The zero-order valence-corrected chi connectivity index (χ0v) is 11.0. The van der Waals surface area contributed by atoms with E-state index < -0.39 is 0 Å². The van der Waals surface area contributed by atoms with Crippen molar-refractivity contribution in [3.8, 4) is 0 Å². The van der Waals surface area contributed by atoms with Gasteiger partial charge in [0.25, 0.3) is 5.91 Å². The van der Waals surface area contributed by atoms with Gasteiger partial charge in [0.15, 0.2) is 0 Å². The van der Waals surface area contributed by atoms with Gasteiger partial charge >= 0.3 is 0 Å². The molecule has 2 aromatic rings. The van der Waals surface area contributed by atoms with Crippen molar-refractivity contribution in [3.63, 3.8) is 0 Å². The average Bonchev–Trinajstić information content (AvgIpc) is 2.91. The number of fused-ring (bicyclic) bond motifs is 2. The summed E-state index contributed by atoms with van der Waals surface area (Å²) < 4.78 is 0. The Kier molecular flexibility index (Phi) is 2.46. The van der Waals surface area contributed by atoms with Gasteiger partial charge in [0, 0.05) is 24.2 Å². The summed E-state index contributed by atoms with van der Waals surface area (Å²) in [7, 11) is 0. The number of amidine groups is 1. The second-order valence-corrected chi connectivity index (χ2v) is 5.20. The van der Waals surface area contributed by atoms with Crippen LogP contribution in [0, 0.1) is 0 Å². The third-order valence-corrected chi connectivity index (χ3v) is 4.03. The highest BCUT2D eigenvalue weighted by molar-refractivity contribution is 6.13. The summed E-state index contributed by atoms with van der Waals surface area (Å²) in [6.45, 7) is 0.910. The Morgan fingerprint density at radius 2 is 1.70 bits per heavy atom. The molecule has 2 aromatic carbocycles. The molecule has 0 radical (unpaired) electrons. The minimum atomic E-state index is -0.119. The molecule has 0 N–H and O–H groups in total. The number of aliphatic imine (C=N–C) groups is 1. The van der Waals surface area contributed by atoms with Gasteiger partial charge < -0.3 is 4.90 Å². The Morgan fingerprint density at radius 1 is 0.950 bits per heavy atom. The van der Waals surface area contributed by atoms with Gasteiger partial charge in [0.2, 0.25) is 0 Å². The van der Waals surface area contributed by atoms with Crippen molar-refractivity contribution in [2.24, 2.45) is 4.99 Å². The number of hydrogen-bond acceptors (Lipinski definition) is 2. The fourth-order valence-electron chi connectivity index (χ4n) is 3.03. The Balaban J connectivity index is 1.74. The standard InChI is InChI=1S/C17H14N2O/c20-17-14-7-3-1-6-13(14)11-16(18-17)19-10-9-12-5-2-4-8-15(12)19/h1-8H,9-11H2. The van der Waals surface area contributed by atoms with Crippen LogP contribution in [-0.2, 0) is 12.8 Å². The zero-order valence-electron chi connectivity index (χ0n) is 11.0. The number of benzene rings is 2.